The van der Waals surface area contributed by atoms with Crippen molar-refractivity contribution in [2.24, 2.45) is 15.7 Å². The Labute approximate surface area is 79.2 Å². The number of fused-ring (bicyclic) bond motifs is 1. The van der Waals surface area contributed by atoms with Crippen LogP contribution in [0.3, 0.4) is 0 Å². The molecule has 0 aromatic carbocycles. The molecular formula is C7H11N3O2S. The molecule has 0 spiro atoms. The Morgan fingerprint density at radius 2 is 2.31 bits per heavy atom. The summed E-state index contributed by atoms with van der Waals surface area (Å²) in [4.78, 5) is 0. The van der Waals surface area contributed by atoms with E-state index in [-0.39, 0.29) is 5.41 Å². The monoisotopic (exact) mass is 201 g/mol. The molecule has 6 heteroatoms. The maximum atomic E-state index is 11.2. The van der Waals surface area contributed by atoms with Gasteiger partial charge in [-0.1, -0.05) is 13.8 Å². The highest BCUT2D eigenvalue weighted by Gasteiger charge is 2.42. The van der Waals surface area contributed by atoms with Crippen LogP contribution >= 0.6 is 0 Å². The third-order valence-electron chi connectivity index (χ3n) is 2.07. The first-order valence-corrected chi connectivity index (χ1v) is 5.06. The second-order valence-electron chi connectivity index (χ2n) is 3.88. The van der Waals surface area contributed by atoms with Gasteiger partial charge in [0.05, 0.1) is 0 Å². The van der Waals surface area contributed by atoms with E-state index in [0.717, 1.165) is 12.1 Å². The summed E-state index contributed by atoms with van der Waals surface area (Å²) >= 11 is -1.56. The first-order chi connectivity index (χ1) is 6.00. The number of nitrogens with zero attached hydrogens (tertiary/aromatic N) is 3. The van der Waals surface area contributed by atoms with Gasteiger partial charge in [0.1, 0.15) is 0 Å². The zero-order chi connectivity index (χ0) is 9.64. The van der Waals surface area contributed by atoms with Crippen molar-refractivity contribution >= 4 is 22.8 Å². The second-order valence-corrected chi connectivity index (χ2v) is 4.80. The molecular weight excluding hydrogens is 190 g/mol. The van der Waals surface area contributed by atoms with E-state index in [1.54, 1.807) is 0 Å². The fraction of sp³-hybridized carbons (Fsp3) is 0.714. The predicted molar refractivity (Wildman–Crippen MR) is 50.0 cm³/mol. The molecule has 0 aromatic heterocycles. The van der Waals surface area contributed by atoms with Crippen LogP contribution < -0.4 is 0 Å². The van der Waals surface area contributed by atoms with Gasteiger partial charge in [-0.3, -0.25) is 4.28 Å². The molecule has 72 valence electrons. The Morgan fingerprint density at radius 1 is 1.62 bits per heavy atom. The third kappa shape index (κ3) is 1.25. The molecule has 1 atom stereocenters. The fourth-order valence-electron chi connectivity index (χ4n) is 1.58. The summed E-state index contributed by atoms with van der Waals surface area (Å²) < 4.78 is 17.2. The highest BCUT2D eigenvalue weighted by molar-refractivity contribution is 7.78. The lowest BCUT2D eigenvalue weighted by Gasteiger charge is -2.30. The van der Waals surface area contributed by atoms with E-state index in [9.17, 15) is 4.21 Å². The van der Waals surface area contributed by atoms with Crippen LogP contribution in [0.1, 0.15) is 27.2 Å². The molecule has 5 nitrogen and oxygen atoms in total. The lowest BCUT2D eigenvalue weighted by molar-refractivity contribution is 0.376. The first kappa shape index (κ1) is 8.68. The summed E-state index contributed by atoms with van der Waals surface area (Å²) in [6.45, 7) is 5.97. The summed E-state index contributed by atoms with van der Waals surface area (Å²) in [7, 11) is 0. The Kier molecular flexibility index (Phi) is 1.69. The van der Waals surface area contributed by atoms with E-state index in [0.29, 0.717) is 5.84 Å². The van der Waals surface area contributed by atoms with Gasteiger partial charge < -0.3 is 0 Å². The molecule has 0 fully saturated rings. The number of rotatable bonds is 0. The summed E-state index contributed by atoms with van der Waals surface area (Å²) in [5.41, 5.74) is 0.806. The quantitative estimate of drug-likeness (QED) is 0.587. The SMILES string of the molecule is CC1=NN2C(=NOS2=O)C(C)(C)C1. The molecule has 0 saturated carbocycles. The Hall–Kier alpha value is -0.910. The van der Waals surface area contributed by atoms with Crippen molar-refractivity contribution in [3.05, 3.63) is 0 Å². The zero-order valence-corrected chi connectivity index (χ0v) is 8.59. The van der Waals surface area contributed by atoms with Gasteiger partial charge in [0.15, 0.2) is 5.84 Å². The molecule has 0 radical (unpaired) electrons. The molecule has 0 aromatic rings. The predicted octanol–water partition coefficient (Wildman–Crippen LogP) is 1.02. The smallest absolute Gasteiger partial charge is 0.268 e. The van der Waals surface area contributed by atoms with Crippen LogP contribution in [-0.4, -0.2) is 20.2 Å². The molecule has 0 N–H and O–H groups in total. The van der Waals surface area contributed by atoms with Crippen LogP contribution in [0.2, 0.25) is 0 Å². The van der Waals surface area contributed by atoms with Crippen molar-refractivity contribution in [3.8, 4) is 0 Å². The van der Waals surface area contributed by atoms with Gasteiger partial charge in [0.25, 0.3) is 0 Å². The number of oxime groups is 1. The number of amidine groups is 1. The van der Waals surface area contributed by atoms with Crippen LogP contribution in [0, 0.1) is 5.41 Å². The van der Waals surface area contributed by atoms with Gasteiger partial charge in [-0.2, -0.15) is 9.31 Å². The Balaban J connectivity index is 2.45. The molecule has 1 unspecified atom stereocenters. The highest BCUT2D eigenvalue weighted by Crippen LogP contribution is 2.33. The van der Waals surface area contributed by atoms with Crippen LogP contribution in [0.25, 0.3) is 0 Å². The Bertz CT molecular complexity index is 335. The van der Waals surface area contributed by atoms with E-state index >= 15 is 0 Å². The van der Waals surface area contributed by atoms with Crippen LogP contribution in [0.4, 0.5) is 0 Å². The maximum Gasteiger partial charge on any atom is 0.362 e. The third-order valence-corrected chi connectivity index (χ3v) is 2.81. The topological polar surface area (TPSA) is 54.3 Å². The molecule has 0 amide bonds. The minimum atomic E-state index is -1.56. The van der Waals surface area contributed by atoms with Crippen molar-refractivity contribution < 1.29 is 8.49 Å². The molecule has 0 bridgehead atoms. The summed E-state index contributed by atoms with van der Waals surface area (Å²) in [6, 6.07) is 0. The van der Waals surface area contributed by atoms with Gasteiger partial charge in [-0.05, 0) is 18.5 Å². The second kappa shape index (κ2) is 2.54. The normalized spacial score (nSPS) is 30.4. The molecule has 2 rings (SSSR count). The number of hydrogen-bond acceptors (Lipinski definition) is 4. The zero-order valence-electron chi connectivity index (χ0n) is 7.77. The van der Waals surface area contributed by atoms with Gasteiger partial charge in [-0.25, -0.2) is 0 Å². The van der Waals surface area contributed by atoms with Gasteiger partial charge in [0, 0.05) is 11.1 Å². The van der Waals surface area contributed by atoms with E-state index in [1.165, 1.54) is 4.41 Å². The molecule has 2 aliphatic rings. The minimum Gasteiger partial charge on any atom is -0.268 e. The summed E-state index contributed by atoms with van der Waals surface area (Å²) in [5, 5.41) is 7.88. The Morgan fingerprint density at radius 3 is 3.00 bits per heavy atom. The number of hydrazone groups is 1. The van der Waals surface area contributed by atoms with Crippen molar-refractivity contribution in [1.29, 1.82) is 0 Å². The van der Waals surface area contributed by atoms with Crippen molar-refractivity contribution in [2.75, 3.05) is 0 Å². The van der Waals surface area contributed by atoms with Gasteiger partial charge in [0.2, 0.25) is 0 Å². The van der Waals surface area contributed by atoms with Crippen LogP contribution in [-0.2, 0) is 15.6 Å². The van der Waals surface area contributed by atoms with E-state index in [1.807, 2.05) is 20.8 Å². The lowest BCUT2D eigenvalue weighted by Crippen LogP contribution is -2.41. The van der Waals surface area contributed by atoms with E-state index in [2.05, 4.69) is 14.5 Å². The fourth-order valence-corrected chi connectivity index (χ4v) is 2.40. The summed E-state index contributed by atoms with van der Waals surface area (Å²) in [6.07, 6.45) is 0.822. The van der Waals surface area contributed by atoms with Crippen molar-refractivity contribution in [2.45, 2.75) is 27.2 Å². The summed E-state index contributed by atoms with van der Waals surface area (Å²) in [5.74, 6) is 0.649. The minimum absolute atomic E-state index is 0.141. The van der Waals surface area contributed by atoms with Crippen molar-refractivity contribution in [1.82, 2.24) is 4.41 Å². The average Bonchev–Trinajstić information content (AvgIpc) is 2.31. The molecule has 0 saturated heterocycles. The van der Waals surface area contributed by atoms with Crippen LogP contribution in [0.5, 0.6) is 0 Å². The highest BCUT2D eigenvalue weighted by atomic mass is 32.2. The molecule has 13 heavy (non-hydrogen) atoms. The molecule has 2 aliphatic heterocycles. The molecule has 2 heterocycles. The van der Waals surface area contributed by atoms with E-state index < -0.39 is 11.3 Å². The van der Waals surface area contributed by atoms with Gasteiger partial charge in [-0.15, -0.1) is 4.41 Å². The van der Waals surface area contributed by atoms with Crippen LogP contribution in [0.15, 0.2) is 10.3 Å². The standard InChI is InChI=1S/C7H11N3O2S/c1-5-4-7(2,3)6-9-12-13(11)10(6)8-5/h4H2,1-3H3. The van der Waals surface area contributed by atoms with E-state index in [4.69, 9.17) is 0 Å². The number of hydrogen-bond donors (Lipinski definition) is 0. The van der Waals surface area contributed by atoms with Gasteiger partial charge >= 0.3 is 11.3 Å². The largest absolute Gasteiger partial charge is 0.362 e. The van der Waals surface area contributed by atoms with Crippen molar-refractivity contribution in [3.63, 3.8) is 0 Å². The average molecular weight is 201 g/mol. The lowest BCUT2D eigenvalue weighted by atomic mass is 9.85. The maximum absolute atomic E-state index is 11.2. The molecule has 0 aliphatic carbocycles. The first-order valence-electron chi connectivity index (χ1n) is 4.03.